The third-order valence-corrected chi connectivity index (χ3v) is 2.10. The van der Waals surface area contributed by atoms with Crippen molar-refractivity contribution < 1.29 is 19.1 Å². The summed E-state index contributed by atoms with van der Waals surface area (Å²) in [6.07, 6.45) is 1.58. The number of esters is 2. The molecule has 0 radical (unpaired) electrons. The van der Waals surface area contributed by atoms with Gasteiger partial charge in [0.25, 0.3) is 0 Å². The molecular weight excluding hydrogens is 210 g/mol. The van der Waals surface area contributed by atoms with E-state index in [9.17, 15) is 9.59 Å². The molecule has 0 aromatic carbocycles. The number of rotatable bonds is 3. The fourth-order valence-electron chi connectivity index (χ4n) is 1.22. The normalized spacial score (nSPS) is 10.0. The summed E-state index contributed by atoms with van der Waals surface area (Å²) in [4.78, 5) is 26.9. The maximum absolute atomic E-state index is 11.4. The minimum absolute atomic E-state index is 0.323. The van der Waals surface area contributed by atoms with Crippen molar-refractivity contribution in [3.05, 3.63) is 29.6 Å². The Balaban J connectivity index is 3.06. The highest BCUT2D eigenvalue weighted by Gasteiger charge is 2.31. The summed E-state index contributed by atoms with van der Waals surface area (Å²) >= 11 is 0. The lowest BCUT2D eigenvalue weighted by Gasteiger charge is -2.11. The number of hydrogen-bond acceptors (Lipinski definition) is 5. The summed E-state index contributed by atoms with van der Waals surface area (Å²) in [5, 5.41) is 0. The average molecular weight is 223 g/mol. The van der Waals surface area contributed by atoms with Crippen LogP contribution in [0, 0.1) is 6.92 Å². The van der Waals surface area contributed by atoms with E-state index in [4.69, 9.17) is 0 Å². The minimum Gasteiger partial charge on any atom is -0.468 e. The molecule has 0 aliphatic rings. The van der Waals surface area contributed by atoms with Crippen LogP contribution in [0.25, 0.3) is 0 Å². The highest BCUT2D eigenvalue weighted by molar-refractivity contribution is 6.00. The quantitative estimate of drug-likeness (QED) is 0.560. The first-order valence-corrected chi connectivity index (χ1v) is 4.68. The third kappa shape index (κ3) is 2.56. The van der Waals surface area contributed by atoms with Crippen molar-refractivity contribution in [1.29, 1.82) is 0 Å². The first-order chi connectivity index (χ1) is 7.60. The van der Waals surface area contributed by atoms with Crippen molar-refractivity contribution in [3.8, 4) is 0 Å². The van der Waals surface area contributed by atoms with Gasteiger partial charge in [-0.3, -0.25) is 14.6 Å². The molecule has 86 valence electrons. The smallest absolute Gasteiger partial charge is 0.326 e. The number of ether oxygens (including phenoxy) is 2. The van der Waals surface area contributed by atoms with Crippen molar-refractivity contribution >= 4 is 11.9 Å². The zero-order valence-corrected chi connectivity index (χ0v) is 9.39. The third-order valence-electron chi connectivity index (χ3n) is 2.10. The van der Waals surface area contributed by atoms with E-state index in [1.165, 1.54) is 14.2 Å². The highest BCUT2D eigenvalue weighted by atomic mass is 16.5. The van der Waals surface area contributed by atoms with Gasteiger partial charge in [-0.05, 0) is 18.6 Å². The number of methoxy groups -OCH3 is 2. The van der Waals surface area contributed by atoms with Gasteiger partial charge in [0.1, 0.15) is 0 Å². The summed E-state index contributed by atoms with van der Waals surface area (Å²) in [5.74, 6) is -2.47. The van der Waals surface area contributed by atoms with Crippen LogP contribution in [0.2, 0.25) is 0 Å². The predicted molar refractivity (Wildman–Crippen MR) is 55.7 cm³/mol. The molecule has 0 bridgehead atoms. The number of aromatic nitrogens is 1. The van der Waals surface area contributed by atoms with E-state index in [1.807, 2.05) is 6.92 Å². The van der Waals surface area contributed by atoms with E-state index in [0.717, 1.165) is 5.56 Å². The van der Waals surface area contributed by atoms with Gasteiger partial charge >= 0.3 is 11.9 Å². The molecule has 0 aliphatic heterocycles. The molecule has 0 saturated carbocycles. The van der Waals surface area contributed by atoms with Gasteiger partial charge in [-0.15, -0.1) is 0 Å². The van der Waals surface area contributed by atoms with Gasteiger partial charge in [0.05, 0.1) is 19.9 Å². The molecule has 0 amide bonds. The van der Waals surface area contributed by atoms with E-state index < -0.39 is 17.9 Å². The summed E-state index contributed by atoms with van der Waals surface area (Å²) in [7, 11) is 2.43. The van der Waals surface area contributed by atoms with Crippen LogP contribution in [-0.4, -0.2) is 31.1 Å². The monoisotopic (exact) mass is 223 g/mol. The number of pyridine rings is 1. The van der Waals surface area contributed by atoms with Crippen LogP contribution in [0.15, 0.2) is 18.3 Å². The summed E-state index contributed by atoms with van der Waals surface area (Å²) in [6, 6.07) is 3.37. The SMILES string of the molecule is COC(=O)C(C(=O)OC)c1ccc(C)cn1. The first-order valence-electron chi connectivity index (χ1n) is 4.68. The Kier molecular flexibility index (Phi) is 3.99. The molecule has 1 rings (SSSR count). The standard InChI is InChI=1S/C11H13NO4/c1-7-4-5-8(12-6-7)9(10(13)15-2)11(14)16-3/h4-6,9H,1-3H3. The number of carbonyl (C=O) groups excluding carboxylic acids is 2. The summed E-state index contributed by atoms with van der Waals surface area (Å²) in [5.41, 5.74) is 1.27. The first kappa shape index (κ1) is 12.2. The Morgan fingerprint density at radius 3 is 2.12 bits per heavy atom. The van der Waals surface area contributed by atoms with Gasteiger partial charge in [-0.25, -0.2) is 0 Å². The molecule has 1 aromatic heterocycles. The minimum atomic E-state index is -1.12. The number of aryl methyl sites for hydroxylation is 1. The van der Waals surface area contributed by atoms with Crippen LogP contribution in [0.1, 0.15) is 17.2 Å². The van der Waals surface area contributed by atoms with Gasteiger partial charge in [-0.1, -0.05) is 6.07 Å². The lowest BCUT2D eigenvalue weighted by molar-refractivity contribution is -0.154. The molecule has 0 unspecified atom stereocenters. The number of hydrogen-bond donors (Lipinski definition) is 0. The zero-order valence-electron chi connectivity index (χ0n) is 9.39. The fourth-order valence-corrected chi connectivity index (χ4v) is 1.22. The highest BCUT2D eigenvalue weighted by Crippen LogP contribution is 2.16. The van der Waals surface area contributed by atoms with Crippen LogP contribution in [0.3, 0.4) is 0 Å². The van der Waals surface area contributed by atoms with Crippen molar-refractivity contribution in [2.24, 2.45) is 0 Å². The van der Waals surface area contributed by atoms with Gasteiger partial charge in [0.2, 0.25) is 0 Å². The Labute approximate surface area is 93.4 Å². The Morgan fingerprint density at radius 2 is 1.75 bits per heavy atom. The predicted octanol–water partition coefficient (Wildman–Crippen LogP) is 0.820. The Hall–Kier alpha value is -1.91. The molecule has 5 nitrogen and oxygen atoms in total. The largest absolute Gasteiger partial charge is 0.468 e. The van der Waals surface area contributed by atoms with Crippen LogP contribution < -0.4 is 0 Å². The molecule has 1 aromatic rings. The fraction of sp³-hybridized carbons (Fsp3) is 0.364. The van der Waals surface area contributed by atoms with Crippen molar-refractivity contribution in [3.63, 3.8) is 0 Å². The second-order valence-electron chi connectivity index (χ2n) is 3.24. The Bertz CT molecular complexity index is 369. The van der Waals surface area contributed by atoms with Crippen molar-refractivity contribution in [1.82, 2.24) is 4.98 Å². The van der Waals surface area contributed by atoms with Crippen molar-refractivity contribution in [2.45, 2.75) is 12.8 Å². The van der Waals surface area contributed by atoms with Crippen LogP contribution >= 0.6 is 0 Å². The molecule has 16 heavy (non-hydrogen) atoms. The van der Waals surface area contributed by atoms with Crippen LogP contribution in [0.5, 0.6) is 0 Å². The van der Waals surface area contributed by atoms with Crippen LogP contribution in [-0.2, 0) is 19.1 Å². The molecule has 0 atom stereocenters. The number of carbonyl (C=O) groups is 2. The maximum Gasteiger partial charge on any atom is 0.326 e. The second kappa shape index (κ2) is 5.25. The molecule has 5 heteroatoms. The lowest BCUT2D eigenvalue weighted by atomic mass is 10.0. The van der Waals surface area contributed by atoms with Gasteiger partial charge in [0, 0.05) is 6.20 Å². The Morgan fingerprint density at radius 1 is 1.19 bits per heavy atom. The maximum atomic E-state index is 11.4. The zero-order chi connectivity index (χ0) is 12.1. The molecular formula is C11H13NO4. The average Bonchev–Trinajstić information content (AvgIpc) is 2.31. The lowest BCUT2D eigenvalue weighted by Crippen LogP contribution is -2.25. The molecule has 0 N–H and O–H groups in total. The van der Waals surface area contributed by atoms with E-state index in [2.05, 4.69) is 14.5 Å². The van der Waals surface area contributed by atoms with Crippen molar-refractivity contribution in [2.75, 3.05) is 14.2 Å². The molecule has 0 fully saturated rings. The summed E-state index contributed by atoms with van der Waals surface area (Å²) in [6.45, 7) is 1.86. The van der Waals surface area contributed by atoms with Gasteiger partial charge in [-0.2, -0.15) is 0 Å². The number of nitrogens with zero attached hydrogens (tertiary/aromatic N) is 1. The van der Waals surface area contributed by atoms with Gasteiger partial charge in [0.15, 0.2) is 5.92 Å². The molecule has 0 spiro atoms. The van der Waals surface area contributed by atoms with Crippen LogP contribution in [0.4, 0.5) is 0 Å². The van der Waals surface area contributed by atoms with E-state index >= 15 is 0 Å². The van der Waals surface area contributed by atoms with Gasteiger partial charge < -0.3 is 9.47 Å². The topological polar surface area (TPSA) is 65.5 Å². The second-order valence-corrected chi connectivity index (χ2v) is 3.24. The molecule has 1 heterocycles. The van der Waals surface area contributed by atoms with E-state index in [-0.39, 0.29) is 0 Å². The summed E-state index contributed by atoms with van der Waals surface area (Å²) < 4.78 is 9.08. The molecule has 0 aliphatic carbocycles. The molecule has 0 saturated heterocycles. The van der Waals surface area contributed by atoms with E-state index in [1.54, 1.807) is 18.3 Å². The van der Waals surface area contributed by atoms with E-state index in [0.29, 0.717) is 5.69 Å².